The fourth-order valence-corrected chi connectivity index (χ4v) is 2.64. The molecule has 0 spiro atoms. The number of hydrogen-bond donors (Lipinski definition) is 2. The third kappa shape index (κ3) is 6.51. The Kier molecular flexibility index (Phi) is 7.63. The van der Waals surface area contributed by atoms with Crippen LogP contribution in [0, 0.1) is 0 Å². The number of imide groups is 1. The molecule has 0 aromatic heterocycles. The predicted molar refractivity (Wildman–Crippen MR) is 99.5 cm³/mol. The zero-order chi connectivity index (χ0) is 19.2. The van der Waals surface area contributed by atoms with Gasteiger partial charge >= 0.3 is 6.09 Å². The van der Waals surface area contributed by atoms with Gasteiger partial charge in [-0.15, -0.1) is 0 Å². The van der Waals surface area contributed by atoms with Crippen molar-refractivity contribution in [3.63, 3.8) is 0 Å². The number of amides is 2. The molecule has 7 heteroatoms. The standard InChI is InChI=1S/C18H26N2O4S/c1-12(21)20(17(23)24-18(2,3)4)15(11-25)16(22)14(19)10-13-8-6-5-7-9-13/h5-9,14-15,25H,10-11,19H2,1-4H3/t14-,15+/m0/s1. The number of rotatable bonds is 6. The number of ketones is 1. The van der Waals surface area contributed by atoms with Gasteiger partial charge in [0, 0.05) is 12.7 Å². The lowest BCUT2D eigenvalue weighted by atomic mass is 9.98. The van der Waals surface area contributed by atoms with Crippen molar-refractivity contribution in [2.75, 3.05) is 5.75 Å². The summed E-state index contributed by atoms with van der Waals surface area (Å²) in [5.74, 6) is -1.05. The summed E-state index contributed by atoms with van der Waals surface area (Å²) in [4.78, 5) is 37.8. The highest BCUT2D eigenvalue weighted by Gasteiger charge is 2.37. The lowest BCUT2D eigenvalue weighted by molar-refractivity contribution is -0.136. The van der Waals surface area contributed by atoms with E-state index in [1.54, 1.807) is 20.8 Å². The molecule has 0 bridgehead atoms. The van der Waals surface area contributed by atoms with E-state index in [4.69, 9.17) is 10.5 Å². The van der Waals surface area contributed by atoms with E-state index in [9.17, 15) is 14.4 Å². The van der Waals surface area contributed by atoms with Crippen LogP contribution in [0.15, 0.2) is 30.3 Å². The molecule has 0 radical (unpaired) electrons. The normalized spacial score (nSPS) is 13.7. The Labute approximate surface area is 154 Å². The van der Waals surface area contributed by atoms with Gasteiger partial charge in [0.2, 0.25) is 5.91 Å². The minimum absolute atomic E-state index is 0.0276. The van der Waals surface area contributed by atoms with E-state index in [2.05, 4.69) is 12.6 Å². The second-order valence-electron chi connectivity index (χ2n) is 6.77. The quantitative estimate of drug-likeness (QED) is 0.754. The molecule has 1 aromatic rings. The van der Waals surface area contributed by atoms with Gasteiger partial charge in [0.25, 0.3) is 0 Å². The highest BCUT2D eigenvalue weighted by Crippen LogP contribution is 2.15. The molecule has 1 aromatic carbocycles. The van der Waals surface area contributed by atoms with Crippen LogP contribution in [0.3, 0.4) is 0 Å². The molecule has 25 heavy (non-hydrogen) atoms. The topological polar surface area (TPSA) is 89.7 Å². The molecule has 0 aliphatic rings. The predicted octanol–water partition coefficient (Wildman–Crippen LogP) is 2.21. The van der Waals surface area contributed by atoms with E-state index in [1.807, 2.05) is 30.3 Å². The van der Waals surface area contributed by atoms with Gasteiger partial charge in [0.15, 0.2) is 5.78 Å². The summed E-state index contributed by atoms with van der Waals surface area (Å²) < 4.78 is 5.23. The van der Waals surface area contributed by atoms with Crippen LogP contribution in [0.25, 0.3) is 0 Å². The van der Waals surface area contributed by atoms with Crippen molar-refractivity contribution >= 4 is 30.4 Å². The van der Waals surface area contributed by atoms with Crippen LogP contribution in [0.4, 0.5) is 4.79 Å². The van der Waals surface area contributed by atoms with Gasteiger partial charge in [0.1, 0.15) is 11.6 Å². The Morgan fingerprint density at radius 1 is 1.20 bits per heavy atom. The Morgan fingerprint density at radius 3 is 2.20 bits per heavy atom. The maximum Gasteiger partial charge on any atom is 0.417 e. The monoisotopic (exact) mass is 366 g/mol. The maximum atomic E-state index is 12.7. The first-order valence-corrected chi connectivity index (χ1v) is 8.67. The van der Waals surface area contributed by atoms with Crippen molar-refractivity contribution in [3.05, 3.63) is 35.9 Å². The Hall–Kier alpha value is -1.86. The van der Waals surface area contributed by atoms with Crippen molar-refractivity contribution in [3.8, 4) is 0 Å². The third-order valence-corrected chi connectivity index (χ3v) is 3.75. The molecule has 0 saturated carbocycles. The van der Waals surface area contributed by atoms with E-state index in [1.165, 1.54) is 6.92 Å². The van der Waals surface area contributed by atoms with Crippen LogP contribution in [0.2, 0.25) is 0 Å². The number of benzene rings is 1. The Bertz CT molecular complexity index is 613. The van der Waals surface area contributed by atoms with Gasteiger partial charge in [-0.3, -0.25) is 9.59 Å². The Morgan fingerprint density at radius 2 is 1.76 bits per heavy atom. The van der Waals surface area contributed by atoms with Gasteiger partial charge in [0.05, 0.1) is 6.04 Å². The SMILES string of the molecule is CC(=O)N(C(=O)OC(C)(C)C)[C@H](CS)C(=O)[C@@H](N)Cc1ccccc1. The number of nitrogens with two attached hydrogens (primary N) is 1. The average molecular weight is 366 g/mol. The van der Waals surface area contributed by atoms with Crippen LogP contribution in [-0.4, -0.2) is 46.1 Å². The maximum absolute atomic E-state index is 12.7. The van der Waals surface area contributed by atoms with Crippen LogP contribution in [0.5, 0.6) is 0 Å². The third-order valence-electron chi connectivity index (χ3n) is 3.41. The largest absolute Gasteiger partial charge is 0.443 e. The van der Waals surface area contributed by atoms with Gasteiger partial charge in [-0.25, -0.2) is 9.69 Å². The van der Waals surface area contributed by atoms with Crippen LogP contribution < -0.4 is 5.73 Å². The van der Waals surface area contributed by atoms with Gasteiger partial charge < -0.3 is 10.5 Å². The number of carbonyl (C=O) groups excluding carboxylic acids is 3. The molecule has 0 aliphatic heterocycles. The first kappa shape index (κ1) is 21.2. The fourth-order valence-electron chi connectivity index (χ4n) is 2.30. The second kappa shape index (κ2) is 9.01. The summed E-state index contributed by atoms with van der Waals surface area (Å²) in [5.41, 5.74) is 6.12. The summed E-state index contributed by atoms with van der Waals surface area (Å²) in [6.45, 7) is 6.25. The molecule has 0 heterocycles. The number of carbonyl (C=O) groups is 3. The summed E-state index contributed by atoms with van der Waals surface area (Å²) in [6.07, 6.45) is -0.566. The van der Waals surface area contributed by atoms with Crippen LogP contribution in [0.1, 0.15) is 33.3 Å². The van der Waals surface area contributed by atoms with Gasteiger partial charge in [-0.2, -0.15) is 12.6 Å². The molecule has 2 amide bonds. The first-order valence-electron chi connectivity index (χ1n) is 8.03. The van der Waals surface area contributed by atoms with Crippen molar-refractivity contribution in [1.82, 2.24) is 4.90 Å². The Balaban J connectivity index is 2.96. The minimum atomic E-state index is -1.07. The summed E-state index contributed by atoms with van der Waals surface area (Å²) in [7, 11) is 0. The molecule has 1 rings (SSSR count). The molecule has 0 aliphatic carbocycles. The number of nitrogens with zero attached hydrogens (tertiary/aromatic N) is 1. The highest BCUT2D eigenvalue weighted by atomic mass is 32.1. The van der Waals surface area contributed by atoms with E-state index in [0.717, 1.165) is 10.5 Å². The summed E-state index contributed by atoms with van der Waals surface area (Å²) in [6, 6.07) is 7.36. The molecule has 0 unspecified atom stereocenters. The number of hydrogen-bond acceptors (Lipinski definition) is 6. The molecule has 138 valence electrons. The van der Waals surface area contributed by atoms with Crippen molar-refractivity contribution < 1.29 is 19.1 Å². The number of thiol groups is 1. The fraction of sp³-hybridized carbons (Fsp3) is 0.500. The summed E-state index contributed by atoms with van der Waals surface area (Å²) >= 11 is 4.14. The first-order chi connectivity index (χ1) is 11.6. The molecular formula is C18H26N2O4S. The van der Waals surface area contributed by atoms with Crippen LogP contribution in [-0.2, 0) is 20.7 Å². The molecule has 6 nitrogen and oxygen atoms in total. The van der Waals surface area contributed by atoms with Crippen molar-refractivity contribution in [1.29, 1.82) is 0 Å². The van der Waals surface area contributed by atoms with E-state index < -0.39 is 35.5 Å². The number of ether oxygens (including phenoxy) is 1. The van der Waals surface area contributed by atoms with Gasteiger partial charge in [-0.1, -0.05) is 30.3 Å². The second-order valence-corrected chi connectivity index (χ2v) is 7.13. The van der Waals surface area contributed by atoms with E-state index in [0.29, 0.717) is 6.42 Å². The average Bonchev–Trinajstić information content (AvgIpc) is 2.50. The van der Waals surface area contributed by atoms with Crippen LogP contribution >= 0.6 is 12.6 Å². The minimum Gasteiger partial charge on any atom is -0.443 e. The summed E-state index contributed by atoms with van der Waals surface area (Å²) in [5, 5.41) is 0. The van der Waals surface area contributed by atoms with E-state index in [-0.39, 0.29) is 5.75 Å². The molecule has 2 atom stereocenters. The molecular weight excluding hydrogens is 340 g/mol. The molecule has 0 fully saturated rings. The zero-order valence-electron chi connectivity index (χ0n) is 15.1. The smallest absolute Gasteiger partial charge is 0.417 e. The van der Waals surface area contributed by atoms with E-state index >= 15 is 0 Å². The highest BCUT2D eigenvalue weighted by molar-refractivity contribution is 7.80. The van der Waals surface area contributed by atoms with Crippen molar-refractivity contribution in [2.24, 2.45) is 5.73 Å². The van der Waals surface area contributed by atoms with Gasteiger partial charge in [-0.05, 0) is 32.8 Å². The lowest BCUT2D eigenvalue weighted by Gasteiger charge is -2.31. The lowest BCUT2D eigenvalue weighted by Crippen LogP contribution is -2.55. The molecule has 2 N–H and O–H groups in total. The molecule has 0 saturated heterocycles. The number of Topliss-reactive ketones (excluding diaryl/α,β-unsaturated/α-hetero) is 1. The van der Waals surface area contributed by atoms with Crippen molar-refractivity contribution in [2.45, 2.75) is 51.8 Å². The zero-order valence-corrected chi connectivity index (χ0v) is 16.0.